The first kappa shape index (κ1) is 24.6. The van der Waals surface area contributed by atoms with E-state index in [0.717, 1.165) is 53.7 Å². The van der Waals surface area contributed by atoms with E-state index in [1.165, 1.54) is 0 Å². The minimum absolute atomic E-state index is 0.0285. The molecule has 0 spiro atoms. The number of unbranched alkanes of at least 4 members (excludes halogenated alkanes) is 2. The number of para-hydroxylation sites is 2. The molecular weight excluding hydrogens is 489 g/mol. The van der Waals surface area contributed by atoms with Gasteiger partial charge in [0.15, 0.2) is 0 Å². The molecule has 7 heteroatoms. The fourth-order valence-corrected chi connectivity index (χ4v) is 4.64. The van der Waals surface area contributed by atoms with Crippen LogP contribution < -0.4 is 5.32 Å². The Bertz CT molecular complexity index is 1250. The first-order valence-electron chi connectivity index (χ1n) is 11.4. The van der Waals surface area contributed by atoms with E-state index < -0.39 is 0 Å². The number of imidazole rings is 1. The summed E-state index contributed by atoms with van der Waals surface area (Å²) in [5.41, 5.74) is 3.90. The Morgan fingerprint density at radius 2 is 1.59 bits per heavy atom. The van der Waals surface area contributed by atoms with Gasteiger partial charge in [-0.15, -0.1) is 0 Å². The van der Waals surface area contributed by atoms with Gasteiger partial charge in [0.2, 0.25) is 5.91 Å². The standard InChI is InChI=1S/C27H26Cl3N3O/c28-20-14-12-19(13-15-20)17-27(34)31-16-5-1-2-11-26-32-24-9-3-4-10-25(24)33(26)18-21-22(29)7-6-8-23(21)30/h3-4,6-10,12-15H,1-2,5,11,16-18H2,(H,31,34). The third-order valence-electron chi connectivity index (χ3n) is 5.79. The summed E-state index contributed by atoms with van der Waals surface area (Å²) < 4.78 is 2.20. The Morgan fingerprint density at radius 1 is 0.853 bits per heavy atom. The number of carbonyl (C=O) groups is 1. The highest BCUT2D eigenvalue weighted by Crippen LogP contribution is 2.28. The van der Waals surface area contributed by atoms with Gasteiger partial charge in [0.25, 0.3) is 0 Å². The van der Waals surface area contributed by atoms with E-state index in [4.69, 9.17) is 39.8 Å². The van der Waals surface area contributed by atoms with Crippen LogP contribution in [0.1, 0.15) is 36.2 Å². The second-order valence-electron chi connectivity index (χ2n) is 8.27. The SMILES string of the molecule is O=C(Cc1ccc(Cl)cc1)NCCCCCc1nc2ccccc2n1Cc1c(Cl)cccc1Cl. The van der Waals surface area contributed by atoms with Crippen molar-refractivity contribution in [3.8, 4) is 0 Å². The smallest absolute Gasteiger partial charge is 0.224 e. The Morgan fingerprint density at radius 3 is 2.35 bits per heavy atom. The molecule has 1 amide bonds. The number of hydrogen-bond acceptors (Lipinski definition) is 2. The van der Waals surface area contributed by atoms with Crippen molar-refractivity contribution in [1.29, 1.82) is 0 Å². The van der Waals surface area contributed by atoms with E-state index >= 15 is 0 Å². The largest absolute Gasteiger partial charge is 0.356 e. The molecule has 4 nitrogen and oxygen atoms in total. The fourth-order valence-electron chi connectivity index (χ4n) is 4.00. The number of benzene rings is 3. The van der Waals surface area contributed by atoms with E-state index in [2.05, 4.69) is 16.0 Å². The molecule has 0 radical (unpaired) electrons. The molecule has 4 rings (SSSR count). The lowest BCUT2D eigenvalue weighted by molar-refractivity contribution is -0.120. The molecule has 1 aromatic heterocycles. The maximum absolute atomic E-state index is 12.1. The van der Waals surface area contributed by atoms with Gasteiger partial charge in [-0.05, 0) is 54.8 Å². The highest BCUT2D eigenvalue weighted by Gasteiger charge is 2.14. The summed E-state index contributed by atoms with van der Waals surface area (Å²) in [5.74, 6) is 1.05. The van der Waals surface area contributed by atoms with Crippen molar-refractivity contribution < 1.29 is 4.79 Å². The number of fused-ring (bicyclic) bond motifs is 1. The molecule has 3 aromatic carbocycles. The van der Waals surface area contributed by atoms with Crippen LogP contribution in [-0.4, -0.2) is 22.0 Å². The van der Waals surface area contributed by atoms with E-state index in [1.807, 2.05) is 48.5 Å². The van der Waals surface area contributed by atoms with Crippen LogP contribution in [0.3, 0.4) is 0 Å². The maximum atomic E-state index is 12.1. The van der Waals surface area contributed by atoms with Crippen molar-refractivity contribution in [2.75, 3.05) is 6.54 Å². The average molecular weight is 515 g/mol. The molecule has 0 unspecified atom stereocenters. The van der Waals surface area contributed by atoms with Crippen LogP contribution in [0.2, 0.25) is 15.1 Å². The van der Waals surface area contributed by atoms with Crippen molar-refractivity contribution in [2.24, 2.45) is 0 Å². The maximum Gasteiger partial charge on any atom is 0.224 e. The summed E-state index contributed by atoms with van der Waals surface area (Å²) in [7, 11) is 0. The molecule has 1 N–H and O–H groups in total. The highest BCUT2D eigenvalue weighted by molar-refractivity contribution is 6.36. The number of carbonyl (C=O) groups excluding carboxylic acids is 1. The van der Waals surface area contributed by atoms with Crippen LogP contribution in [-0.2, 0) is 24.2 Å². The van der Waals surface area contributed by atoms with Gasteiger partial charge >= 0.3 is 0 Å². The van der Waals surface area contributed by atoms with E-state index in [9.17, 15) is 4.79 Å². The average Bonchev–Trinajstić information content (AvgIpc) is 3.17. The summed E-state index contributed by atoms with van der Waals surface area (Å²) >= 11 is 18.8. The third kappa shape index (κ3) is 6.32. The molecule has 1 heterocycles. The Labute approximate surface area is 214 Å². The molecule has 0 fully saturated rings. The minimum Gasteiger partial charge on any atom is -0.356 e. The first-order valence-corrected chi connectivity index (χ1v) is 12.5. The third-order valence-corrected chi connectivity index (χ3v) is 6.75. The van der Waals surface area contributed by atoms with Gasteiger partial charge in [-0.25, -0.2) is 4.98 Å². The van der Waals surface area contributed by atoms with Crippen molar-refractivity contribution in [1.82, 2.24) is 14.9 Å². The number of nitrogens with one attached hydrogen (secondary N) is 1. The number of halogens is 3. The number of amides is 1. The number of aromatic nitrogens is 2. The quantitative estimate of drug-likeness (QED) is 0.229. The normalized spacial score (nSPS) is 11.1. The van der Waals surface area contributed by atoms with Gasteiger partial charge in [-0.1, -0.05) is 71.6 Å². The predicted molar refractivity (Wildman–Crippen MR) is 141 cm³/mol. The van der Waals surface area contributed by atoms with Crippen LogP contribution in [0.15, 0.2) is 66.7 Å². The molecule has 4 aromatic rings. The monoisotopic (exact) mass is 513 g/mol. The second kappa shape index (κ2) is 11.7. The number of nitrogens with zero attached hydrogens (tertiary/aromatic N) is 2. The van der Waals surface area contributed by atoms with E-state index in [0.29, 0.717) is 34.6 Å². The Hall–Kier alpha value is -2.53. The predicted octanol–water partition coefficient (Wildman–Crippen LogP) is 7.12. The number of aryl methyl sites for hydroxylation is 1. The van der Waals surface area contributed by atoms with Crippen LogP contribution >= 0.6 is 34.8 Å². The minimum atomic E-state index is 0.0285. The molecule has 0 aliphatic heterocycles. The van der Waals surface area contributed by atoms with Crippen LogP contribution in [0, 0.1) is 0 Å². The summed E-state index contributed by atoms with van der Waals surface area (Å²) in [4.78, 5) is 17.0. The zero-order chi connectivity index (χ0) is 23.9. The molecule has 0 saturated heterocycles. The van der Waals surface area contributed by atoms with Gasteiger partial charge in [0.05, 0.1) is 24.0 Å². The van der Waals surface area contributed by atoms with Gasteiger partial charge in [0, 0.05) is 33.6 Å². The Kier molecular flexibility index (Phi) is 8.49. The van der Waals surface area contributed by atoms with E-state index in [1.54, 1.807) is 12.1 Å². The Balaban J connectivity index is 1.31. The van der Waals surface area contributed by atoms with Gasteiger partial charge < -0.3 is 9.88 Å². The fraction of sp³-hybridized carbons (Fsp3) is 0.259. The number of rotatable bonds is 10. The van der Waals surface area contributed by atoms with Crippen LogP contribution in [0.25, 0.3) is 11.0 Å². The lowest BCUT2D eigenvalue weighted by atomic mass is 10.1. The molecule has 0 saturated carbocycles. The summed E-state index contributed by atoms with van der Waals surface area (Å²) in [6, 6.07) is 21.1. The molecule has 34 heavy (non-hydrogen) atoms. The summed E-state index contributed by atoms with van der Waals surface area (Å²) in [6.45, 7) is 1.24. The van der Waals surface area contributed by atoms with E-state index in [-0.39, 0.29) is 5.91 Å². The molecule has 0 aliphatic carbocycles. The van der Waals surface area contributed by atoms with Gasteiger partial charge in [0.1, 0.15) is 5.82 Å². The molecule has 0 bridgehead atoms. The second-order valence-corrected chi connectivity index (χ2v) is 9.52. The van der Waals surface area contributed by atoms with Gasteiger partial charge in [-0.2, -0.15) is 0 Å². The molecule has 176 valence electrons. The van der Waals surface area contributed by atoms with Crippen LogP contribution in [0.5, 0.6) is 0 Å². The molecular formula is C27H26Cl3N3O. The van der Waals surface area contributed by atoms with Crippen molar-refractivity contribution in [3.63, 3.8) is 0 Å². The summed E-state index contributed by atoms with van der Waals surface area (Å²) in [5, 5.41) is 4.99. The van der Waals surface area contributed by atoms with Crippen LogP contribution in [0.4, 0.5) is 0 Å². The first-order chi connectivity index (χ1) is 16.5. The highest BCUT2D eigenvalue weighted by atomic mass is 35.5. The zero-order valence-electron chi connectivity index (χ0n) is 18.7. The number of hydrogen-bond donors (Lipinski definition) is 1. The topological polar surface area (TPSA) is 46.9 Å². The molecule has 0 atom stereocenters. The van der Waals surface area contributed by atoms with Crippen molar-refractivity contribution in [2.45, 2.75) is 38.6 Å². The summed E-state index contributed by atoms with van der Waals surface area (Å²) in [6.07, 6.45) is 4.11. The van der Waals surface area contributed by atoms with Crippen molar-refractivity contribution >= 4 is 51.7 Å². The molecule has 0 aliphatic rings. The lowest BCUT2D eigenvalue weighted by Crippen LogP contribution is -2.26. The zero-order valence-corrected chi connectivity index (χ0v) is 21.0. The van der Waals surface area contributed by atoms with Gasteiger partial charge in [-0.3, -0.25) is 4.79 Å². The van der Waals surface area contributed by atoms with Crippen molar-refractivity contribution in [3.05, 3.63) is 98.7 Å². The lowest BCUT2D eigenvalue weighted by Gasteiger charge is -2.12.